The maximum atomic E-state index is 13.1. The van der Waals surface area contributed by atoms with Crippen LogP contribution in [0.5, 0.6) is 0 Å². The van der Waals surface area contributed by atoms with Crippen molar-refractivity contribution in [1.29, 1.82) is 0 Å². The largest absolute Gasteiger partial charge is 0.418 e. The normalized spacial score (nSPS) is 11.0. The van der Waals surface area contributed by atoms with Crippen molar-refractivity contribution in [3.8, 4) is 0 Å². The molecular formula is C22H17F3N2O2. The molecule has 1 N–H and O–H groups in total. The zero-order valence-electron chi connectivity index (χ0n) is 15.4. The third-order valence-electron chi connectivity index (χ3n) is 4.30. The molecule has 0 bridgehead atoms. The van der Waals surface area contributed by atoms with Gasteiger partial charge in [-0.1, -0.05) is 36.4 Å². The lowest BCUT2D eigenvalue weighted by Gasteiger charge is -2.18. The van der Waals surface area contributed by atoms with Crippen LogP contribution in [0.3, 0.4) is 0 Å². The fourth-order valence-electron chi connectivity index (χ4n) is 2.79. The van der Waals surface area contributed by atoms with Crippen molar-refractivity contribution < 1.29 is 22.8 Å². The van der Waals surface area contributed by atoms with Crippen molar-refractivity contribution in [2.75, 3.05) is 17.3 Å². The summed E-state index contributed by atoms with van der Waals surface area (Å²) in [5.41, 5.74) is -0.290. The van der Waals surface area contributed by atoms with Gasteiger partial charge in [-0.2, -0.15) is 13.2 Å². The Labute approximate surface area is 165 Å². The van der Waals surface area contributed by atoms with Gasteiger partial charge in [0.25, 0.3) is 11.8 Å². The van der Waals surface area contributed by atoms with E-state index in [9.17, 15) is 22.8 Å². The van der Waals surface area contributed by atoms with Crippen LogP contribution in [-0.2, 0) is 6.18 Å². The molecule has 148 valence electrons. The summed E-state index contributed by atoms with van der Waals surface area (Å²) in [4.78, 5) is 26.6. The molecule has 0 aliphatic carbocycles. The minimum atomic E-state index is -4.60. The molecule has 3 aromatic carbocycles. The number of carbonyl (C=O) groups excluding carboxylic acids is 2. The second kappa shape index (κ2) is 8.18. The predicted molar refractivity (Wildman–Crippen MR) is 105 cm³/mol. The molecule has 2 amide bonds. The van der Waals surface area contributed by atoms with Crippen LogP contribution in [-0.4, -0.2) is 18.9 Å². The monoisotopic (exact) mass is 398 g/mol. The van der Waals surface area contributed by atoms with E-state index >= 15 is 0 Å². The number of hydrogen-bond donors (Lipinski definition) is 1. The molecule has 0 aromatic heterocycles. The van der Waals surface area contributed by atoms with E-state index in [2.05, 4.69) is 5.32 Å². The summed E-state index contributed by atoms with van der Waals surface area (Å²) >= 11 is 0. The van der Waals surface area contributed by atoms with Gasteiger partial charge in [0.05, 0.1) is 11.3 Å². The summed E-state index contributed by atoms with van der Waals surface area (Å²) in [5, 5.41) is 2.28. The number of amides is 2. The number of rotatable bonds is 4. The number of anilines is 2. The van der Waals surface area contributed by atoms with Gasteiger partial charge in [-0.15, -0.1) is 0 Å². The molecule has 0 heterocycles. The van der Waals surface area contributed by atoms with E-state index in [0.717, 1.165) is 6.07 Å². The number of nitrogens with zero attached hydrogens (tertiary/aromatic N) is 1. The highest BCUT2D eigenvalue weighted by molar-refractivity contribution is 6.09. The third kappa shape index (κ3) is 4.63. The van der Waals surface area contributed by atoms with Crippen LogP contribution in [0.15, 0.2) is 78.9 Å². The topological polar surface area (TPSA) is 49.4 Å². The fourth-order valence-corrected chi connectivity index (χ4v) is 2.79. The summed E-state index contributed by atoms with van der Waals surface area (Å²) in [6.45, 7) is 0. The predicted octanol–water partition coefficient (Wildman–Crippen LogP) is 5.23. The molecule has 0 saturated carbocycles. The first-order valence-corrected chi connectivity index (χ1v) is 8.68. The maximum absolute atomic E-state index is 13.1. The van der Waals surface area contributed by atoms with Crippen LogP contribution >= 0.6 is 0 Å². The number of carbonyl (C=O) groups is 2. The highest BCUT2D eigenvalue weighted by Crippen LogP contribution is 2.34. The highest BCUT2D eigenvalue weighted by atomic mass is 19.4. The first kappa shape index (κ1) is 20.1. The number of benzene rings is 3. The molecule has 3 rings (SSSR count). The number of nitrogens with one attached hydrogen (secondary N) is 1. The lowest BCUT2D eigenvalue weighted by molar-refractivity contribution is -0.136. The summed E-state index contributed by atoms with van der Waals surface area (Å²) in [6.07, 6.45) is -4.60. The smallest absolute Gasteiger partial charge is 0.321 e. The van der Waals surface area contributed by atoms with Gasteiger partial charge >= 0.3 is 6.18 Å². The Bertz CT molecular complexity index is 1030. The van der Waals surface area contributed by atoms with E-state index in [0.29, 0.717) is 5.69 Å². The van der Waals surface area contributed by atoms with E-state index in [1.165, 1.54) is 41.3 Å². The number of alkyl halides is 3. The Kier molecular flexibility index (Phi) is 5.68. The highest BCUT2D eigenvalue weighted by Gasteiger charge is 2.33. The number of para-hydroxylation sites is 2. The zero-order chi connectivity index (χ0) is 21.0. The number of hydrogen-bond acceptors (Lipinski definition) is 2. The maximum Gasteiger partial charge on any atom is 0.418 e. The average molecular weight is 398 g/mol. The summed E-state index contributed by atoms with van der Waals surface area (Å²) in [5.74, 6) is -1.08. The van der Waals surface area contributed by atoms with Crippen LogP contribution in [0, 0.1) is 0 Å². The molecule has 29 heavy (non-hydrogen) atoms. The minimum absolute atomic E-state index is 0.0780. The molecule has 0 spiro atoms. The second-order valence-electron chi connectivity index (χ2n) is 6.28. The van der Waals surface area contributed by atoms with Crippen molar-refractivity contribution in [1.82, 2.24) is 0 Å². The van der Waals surface area contributed by atoms with Gasteiger partial charge in [0, 0.05) is 23.9 Å². The molecule has 0 aliphatic rings. The van der Waals surface area contributed by atoms with E-state index in [1.54, 1.807) is 37.4 Å². The molecule has 0 fully saturated rings. The van der Waals surface area contributed by atoms with Gasteiger partial charge < -0.3 is 10.2 Å². The number of halogens is 3. The zero-order valence-corrected chi connectivity index (χ0v) is 15.4. The van der Waals surface area contributed by atoms with Gasteiger partial charge in [0.1, 0.15) is 0 Å². The Morgan fingerprint density at radius 3 is 2.14 bits per heavy atom. The molecule has 0 saturated heterocycles. The Hall–Kier alpha value is -3.61. The van der Waals surface area contributed by atoms with E-state index in [4.69, 9.17) is 0 Å². The molecule has 0 atom stereocenters. The van der Waals surface area contributed by atoms with Crippen LogP contribution in [0.4, 0.5) is 24.5 Å². The summed E-state index contributed by atoms with van der Waals surface area (Å²) in [7, 11) is 1.60. The summed E-state index contributed by atoms with van der Waals surface area (Å²) < 4.78 is 39.4. The first-order chi connectivity index (χ1) is 13.8. The van der Waals surface area contributed by atoms with Gasteiger partial charge in [0.2, 0.25) is 0 Å². The van der Waals surface area contributed by atoms with Crippen molar-refractivity contribution in [2.45, 2.75) is 6.18 Å². The Balaban J connectivity index is 1.83. The molecule has 0 aliphatic heterocycles. The fraction of sp³-hybridized carbons (Fsp3) is 0.0909. The van der Waals surface area contributed by atoms with Crippen LogP contribution in [0.2, 0.25) is 0 Å². The van der Waals surface area contributed by atoms with Gasteiger partial charge in [-0.25, -0.2) is 0 Å². The second-order valence-corrected chi connectivity index (χ2v) is 6.28. The first-order valence-electron chi connectivity index (χ1n) is 8.68. The Morgan fingerprint density at radius 2 is 1.45 bits per heavy atom. The van der Waals surface area contributed by atoms with E-state index in [1.807, 2.05) is 6.07 Å². The molecule has 7 heteroatoms. The van der Waals surface area contributed by atoms with E-state index in [-0.39, 0.29) is 22.7 Å². The van der Waals surface area contributed by atoms with Crippen molar-refractivity contribution in [3.63, 3.8) is 0 Å². The Morgan fingerprint density at radius 1 is 0.828 bits per heavy atom. The van der Waals surface area contributed by atoms with Crippen molar-refractivity contribution >= 4 is 23.2 Å². The van der Waals surface area contributed by atoms with Crippen LogP contribution < -0.4 is 10.2 Å². The standard InChI is InChI=1S/C22H17F3N2O2/c1-27(17-10-3-2-4-11-17)21(29)16-9-7-8-15(14-16)20(28)26-19-13-6-5-12-18(19)22(23,24)25/h2-14H,1H3,(H,26,28). The molecular weight excluding hydrogens is 381 g/mol. The SMILES string of the molecule is CN(C(=O)c1cccc(C(=O)Nc2ccccc2C(F)(F)F)c1)c1ccccc1. The minimum Gasteiger partial charge on any atom is -0.321 e. The van der Waals surface area contributed by atoms with Crippen molar-refractivity contribution in [3.05, 3.63) is 95.6 Å². The van der Waals surface area contributed by atoms with Crippen molar-refractivity contribution in [2.24, 2.45) is 0 Å². The lowest BCUT2D eigenvalue weighted by Crippen LogP contribution is -2.26. The third-order valence-corrected chi connectivity index (χ3v) is 4.30. The lowest BCUT2D eigenvalue weighted by atomic mass is 10.1. The van der Waals surface area contributed by atoms with Gasteiger partial charge in [0.15, 0.2) is 0 Å². The van der Waals surface area contributed by atoms with Gasteiger partial charge in [-0.3, -0.25) is 9.59 Å². The molecule has 0 unspecified atom stereocenters. The summed E-state index contributed by atoms with van der Waals surface area (Å²) in [6, 6.07) is 19.5. The molecule has 3 aromatic rings. The van der Waals surface area contributed by atoms with Gasteiger partial charge in [-0.05, 0) is 42.5 Å². The van der Waals surface area contributed by atoms with Crippen LogP contribution in [0.1, 0.15) is 26.3 Å². The molecule has 4 nitrogen and oxygen atoms in total. The molecule has 0 radical (unpaired) electrons. The van der Waals surface area contributed by atoms with Crippen LogP contribution in [0.25, 0.3) is 0 Å². The van der Waals surface area contributed by atoms with E-state index < -0.39 is 17.6 Å². The average Bonchev–Trinajstić information content (AvgIpc) is 2.73. The quantitative estimate of drug-likeness (QED) is 0.654.